The van der Waals surface area contributed by atoms with Crippen molar-refractivity contribution in [2.45, 2.75) is 33.2 Å². The number of ether oxygens (including phenoxy) is 1. The lowest BCUT2D eigenvalue weighted by Gasteiger charge is -2.24. The summed E-state index contributed by atoms with van der Waals surface area (Å²) in [6.07, 6.45) is 0.838. The van der Waals surface area contributed by atoms with Crippen LogP contribution in [0, 0.1) is 13.8 Å². The molecule has 0 aliphatic carbocycles. The standard InChI is InChI=1S/C22H21N3O5S/c1-4-10-29-15-7-5-6-14(11-15)18-17(19(26)16-9-8-12(2)30-16)20(27)21(28)25(18)22-24-23-13(3)31-22/h5-9,11,18,27H,4,10H2,1-3H3. The van der Waals surface area contributed by atoms with E-state index in [0.717, 1.165) is 6.42 Å². The average Bonchev–Trinajstić information content (AvgIpc) is 3.45. The fraction of sp³-hybridized carbons (Fsp3) is 0.273. The number of hydrogen-bond donors (Lipinski definition) is 1. The number of carbonyl (C=O) groups excluding carboxylic acids is 2. The van der Waals surface area contributed by atoms with Crippen molar-refractivity contribution in [2.24, 2.45) is 0 Å². The van der Waals surface area contributed by atoms with Gasteiger partial charge in [0.05, 0.1) is 18.2 Å². The Hall–Kier alpha value is -3.46. The van der Waals surface area contributed by atoms with E-state index in [9.17, 15) is 14.7 Å². The van der Waals surface area contributed by atoms with Gasteiger partial charge in [0.1, 0.15) is 16.5 Å². The van der Waals surface area contributed by atoms with Crippen molar-refractivity contribution in [3.05, 3.63) is 69.8 Å². The van der Waals surface area contributed by atoms with Gasteiger partial charge in [-0.15, -0.1) is 10.2 Å². The van der Waals surface area contributed by atoms with E-state index >= 15 is 0 Å². The van der Waals surface area contributed by atoms with E-state index in [4.69, 9.17) is 9.15 Å². The minimum Gasteiger partial charge on any atom is -0.503 e. The monoisotopic (exact) mass is 439 g/mol. The van der Waals surface area contributed by atoms with E-state index < -0.39 is 23.5 Å². The fourth-order valence-electron chi connectivity index (χ4n) is 3.42. The molecule has 9 heteroatoms. The first-order chi connectivity index (χ1) is 14.9. The Bertz CT molecular complexity index is 1180. The lowest BCUT2D eigenvalue weighted by Crippen LogP contribution is -2.31. The van der Waals surface area contributed by atoms with Gasteiger partial charge in [-0.3, -0.25) is 14.5 Å². The number of aliphatic hydroxyl groups is 1. The van der Waals surface area contributed by atoms with Crippen molar-refractivity contribution in [1.82, 2.24) is 10.2 Å². The van der Waals surface area contributed by atoms with Crippen LogP contribution in [0.1, 0.15) is 46.3 Å². The zero-order chi connectivity index (χ0) is 22.1. The summed E-state index contributed by atoms with van der Waals surface area (Å²) >= 11 is 1.20. The number of anilines is 1. The number of aliphatic hydroxyl groups excluding tert-OH is 1. The molecule has 2 aromatic heterocycles. The molecule has 31 heavy (non-hydrogen) atoms. The highest BCUT2D eigenvalue weighted by atomic mass is 32.1. The Labute approximate surface area is 182 Å². The summed E-state index contributed by atoms with van der Waals surface area (Å²) in [6, 6.07) is 9.40. The molecule has 8 nitrogen and oxygen atoms in total. The molecule has 3 heterocycles. The zero-order valence-corrected chi connectivity index (χ0v) is 18.1. The number of benzene rings is 1. The van der Waals surface area contributed by atoms with Crippen LogP contribution in [-0.4, -0.2) is 33.6 Å². The number of aryl methyl sites for hydroxylation is 2. The van der Waals surface area contributed by atoms with Crippen LogP contribution in [0.2, 0.25) is 0 Å². The van der Waals surface area contributed by atoms with E-state index in [1.165, 1.54) is 22.3 Å². The minimum absolute atomic E-state index is 0.0468. The normalized spacial score (nSPS) is 16.3. The molecule has 0 spiro atoms. The molecule has 3 aromatic rings. The first-order valence-corrected chi connectivity index (χ1v) is 10.6. The van der Waals surface area contributed by atoms with Gasteiger partial charge in [0.15, 0.2) is 11.5 Å². The highest BCUT2D eigenvalue weighted by Crippen LogP contribution is 2.43. The molecule has 0 bridgehead atoms. The third kappa shape index (κ3) is 3.84. The van der Waals surface area contributed by atoms with Gasteiger partial charge in [0, 0.05) is 0 Å². The molecule has 4 rings (SSSR count). The number of aromatic nitrogens is 2. The largest absolute Gasteiger partial charge is 0.503 e. The zero-order valence-electron chi connectivity index (χ0n) is 17.3. The molecule has 1 unspecified atom stereocenters. The molecule has 1 amide bonds. The van der Waals surface area contributed by atoms with E-state index in [-0.39, 0.29) is 16.5 Å². The smallest absolute Gasteiger partial charge is 0.296 e. The number of furan rings is 1. The summed E-state index contributed by atoms with van der Waals surface area (Å²) in [4.78, 5) is 27.6. The van der Waals surface area contributed by atoms with Crippen LogP contribution >= 0.6 is 11.3 Å². The first kappa shape index (κ1) is 20.8. The van der Waals surface area contributed by atoms with Gasteiger partial charge >= 0.3 is 0 Å². The molecule has 1 aromatic carbocycles. The lowest BCUT2D eigenvalue weighted by atomic mass is 9.95. The second-order valence-corrected chi connectivity index (χ2v) is 8.26. The number of amides is 1. The van der Waals surface area contributed by atoms with Crippen LogP contribution in [0.3, 0.4) is 0 Å². The first-order valence-electron chi connectivity index (χ1n) is 9.81. The van der Waals surface area contributed by atoms with Crippen molar-refractivity contribution in [1.29, 1.82) is 0 Å². The number of carbonyl (C=O) groups is 2. The Balaban J connectivity index is 1.84. The Kier molecular flexibility index (Phi) is 5.60. The Morgan fingerprint density at radius 1 is 1.26 bits per heavy atom. The SMILES string of the molecule is CCCOc1cccc(C2C(C(=O)c3ccc(C)o3)=C(O)C(=O)N2c2nnc(C)s2)c1. The van der Waals surface area contributed by atoms with E-state index in [2.05, 4.69) is 10.2 Å². The maximum absolute atomic E-state index is 13.3. The van der Waals surface area contributed by atoms with Crippen molar-refractivity contribution in [2.75, 3.05) is 11.5 Å². The molecule has 0 fully saturated rings. The average molecular weight is 439 g/mol. The molecule has 0 saturated carbocycles. The van der Waals surface area contributed by atoms with E-state index in [1.807, 2.05) is 6.92 Å². The minimum atomic E-state index is -0.900. The van der Waals surface area contributed by atoms with Crippen molar-refractivity contribution in [3.63, 3.8) is 0 Å². The summed E-state index contributed by atoms with van der Waals surface area (Å²) in [6.45, 7) is 6.01. The molecular weight excluding hydrogens is 418 g/mol. The maximum Gasteiger partial charge on any atom is 0.296 e. The van der Waals surface area contributed by atoms with Gasteiger partial charge in [-0.2, -0.15) is 0 Å². The van der Waals surface area contributed by atoms with Crippen LogP contribution in [0.25, 0.3) is 0 Å². The summed E-state index contributed by atoms with van der Waals surface area (Å²) in [5, 5.41) is 19.7. The second kappa shape index (κ2) is 8.35. The van der Waals surface area contributed by atoms with Gasteiger partial charge in [-0.05, 0) is 50.1 Å². The summed E-state index contributed by atoms with van der Waals surface area (Å²) in [5.41, 5.74) is 0.533. The van der Waals surface area contributed by atoms with E-state index in [0.29, 0.717) is 28.7 Å². The second-order valence-electron chi connectivity index (χ2n) is 7.10. The Morgan fingerprint density at radius 2 is 2.06 bits per heavy atom. The van der Waals surface area contributed by atoms with Gasteiger partial charge in [0.2, 0.25) is 10.9 Å². The topological polar surface area (TPSA) is 106 Å². The highest BCUT2D eigenvalue weighted by Gasteiger charge is 2.46. The highest BCUT2D eigenvalue weighted by molar-refractivity contribution is 7.15. The molecule has 1 aliphatic rings. The van der Waals surface area contributed by atoms with Crippen molar-refractivity contribution in [3.8, 4) is 5.75 Å². The van der Waals surface area contributed by atoms with Crippen LogP contribution in [0.5, 0.6) is 5.75 Å². The van der Waals surface area contributed by atoms with Crippen molar-refractivity contribution >= 4 is 28.2 Å². The quantitative estimate of drug-likeness (QED) is 0.547. The molecule has 160 valence electrons. The molecule has 1 atom stereocenters. The lowest BCUT2D eigenvalue weighted by molar-refractivity contribution is -0.117. The Morgan fingerprint density at radius 3 is 2.71 bits per heavy atom. The predicted molar refractivity (Wildman–Crippen MR) is 115 cm³/mol. The maximum atomic E-state index is 13.3. The third-order valence-corrected chi connectivity index (χ3v) is 5.62. The fourth-order valence-corrected chi connectivity index (χ4v) is 4.13. The number of hydrogen-bond acceptors (Lipinski definition) is 8. The molecule has 0 radical (unpaired) electrons. The van der Waals surface area contributed by atoms with Crippen molar-refractivity contribution < 1.29 is 23.8 Å². The van der Waals surface area contributed by atoms with Gasteiger partial charge in [-0.25, -0.2) is 0 Å². The van der Waals surface area contributed by atoms with Gasteiger partial charge in [-0.1, -0.05) is 30.4 Å². The number of Topliss-reactive ketones (excluding diaryl/α,β-unsaturated/α-hetero) is 1. The third-order valence-electron chi connectivity index (χ3n) is 4.79. The van der Waals surface area contributed by atoms with E-state index in [1.54, 1.807) is 44.2 Å². The number of nitrogens with zero attached hydrogens (tertiary/aromatic N) is 3. The predicted octanol–water partition coefficient (Wildman–Crippen LogP) is 4.32. The molecular formula is C22H21N3O5S. The van der Waals surface area contributed by atoms with Crippen LogP contribution in [-0.2, 0) is 4.79 Å². The molecule has 0 saturated heterocycles. The van der Waals surface area contributed by atoms with Gasteiger partial charge < -0.3 is 14.3 Å². The van der Waals surface area contributed by atoms with Gasteiger partial charge in [0.25, 0.3) is 5.91 Å². The summed E-state index contributed by atoms with van der Waals surface area (Å²) < 4.78 is 11.2. The van der Waals surface area contributed by atoms with Crippen LogP contribution in [0.15, 0.2) is 52.1 Å². The molecule has 1 N–H and O–H groups in total. The van der Waals surface area contributed by atoms with Crippen LogP contribution < -0.4 is 9.64 Å². The molecule has 1 aliphatic heterocycles. The number of ketones is 1. The number of rotatable bonds is 7. The summed E-state index contributed by atoms with van der Waals surface area (Å²) in [5.74, 6) is -0.703. The van der Waals surface area contributed by atoms with Crippen LogP contribution in [0.4, 0.5) is 5.13 Å². The summed E-state index contributed by atoms with van der Waals surface area (Å²) in [7, 11) is 0.